The summed E-state index contributed by atoms with van der Waals surface area (Å²) in [5.74, 6) is 5.03. The van der Waals surface area contributed by atoms with E-state index in [4.69, 9.17) is 13.3 Å². The Kier molecular flexibility index (Phi) is 32.4. The molecule has 0 bridgehead atoms. The van der Waals surface area contributed by atoms with E-state index in [2.05, 4.69) is 423 Å². The summed E-state index contributed by atoms with van der Waals surface area (Å²) in [6, 6.07) is 144. The van der Waals surface area contributed by atoms with Gasteiger partial charge in [-0.3, -0.25) is 0 Å². The molecule has 10 heteroatoms. The number of pyridine rings is 3. The quantitative estimate of drug-likeness (QED) is 0.0233. The van der Waals surface area contributed by atoms with E-state index in [0.29, 0.717) is 0 Å². The monoisotopic (exact) mass is 1690 g/mol. The summed E-state index contributed by atoms with van der Waals surface area (Å²) >= 11 is 0. The zero-order valence-electron chi connectivity index (χ0n) is 75.2. The number of quaternary nitrogens is 1. The lowest BCUT2D eigenvalue weighted by Gasteiger charge is -2.26. The Balaban J connectivity index is 0.000000178. The number of rotatable bonds is 26. The molecule has 6 aromatic heterocycles. The van der Waals surface area contributed by atoms with Crippen molar-refractivity contribution < 1.29 is 31.4 Å². The molecule has 12 aromatic carbocycles. The molecular formula is C119H113N7O3. The molecule has 0 unspecified atom stereocenters. The Morgan fingerprint density at radius 3 is 0.729 bits per heavy atom. The third-order valence-electron chi connectivity index (χ3n) is 21.5. The third-order valence-corrected chi connectivity index (χ3v) is 21.5. The Morgan fingerprint density at radius 2 is 0.473 bits per heavy atom. The summed E-state index contributed by atoms with van der Waals surface area (Å²) in [4.78, 5) is 6.80. The highest BCUT2D eigenvalue weighted by Crippen LogP contribution is 2.43. The number of hydrogen-bond donors (Lipinski definition) is 0. The summed E-state index contributed by atoms with van der Waals surface area (Å²) in [6.45, 7) is 2.20. The summed E-state index contributed by atoms with van der Waals surface area (Å²) < 4.78 is 25.8. The van der Waals surface area contributed by atoms with E-state index in [1.807, 2.05) is 127 Å². The van der Waals surface area contributed by atoms with E-state index >= 15 is 0 Å². The average Bonchev–Trinajstić information content (AvgIpc) is 0.955. The van der Waals surface area contributed by atoms with Crippen molar-refractivity contribution >= 4 is 98.8 Å². The van der Waals surface area contributed by atoms with Crippen LogP contribution in [0.1, 0.15) is 62.6 Å². The normalized spacial score (nSPS) is 10.9. The lowest BCUT2D eigenvalue weighted by atomic mass is 9.86. The zero-order chi connectivity index (χ0) is 85.4. The molecule has 0 atom stereocenters. The predicted molar refractivity (Wildman–Crippen MR) is 543 cm³/mol. The van der Waals surface area contributed by atoms with Gasteiger partial charge in [0, 0.05) is 104 Å². The van der Waals surface area contributed by atoms with Crippen molar-refractivity contribution in [3.8, 4) is 34.0 Å². The topological polar surface area (TPSA) is 60.8 Å². The van der Waals surface area contributed by atoms with Gasteiger partial charge < -0.3 is 62.1 Å². The molecule has 0 fully saturated rings. The van der Waals surface area contributed by atoms with Crippen LogP contribution in [0.2, 0.25) is 0 Å². The first-order chi connectivity index (χ1) is 61.4. The maximum Gasteiger partial charge on any atom is 0.169 e. The highest BCUT2D eigenvalue weighted by atomic mass is 16.3. The summed E-state index contributed by atoms with van der Waals surface area (Å²) in [5.41, 5.74) is 23.5. The molecule has 0 spiro atoms. The molecule has 0 saturated carbocycles. The predicted octanol–water partition coefficient (Wildman–Crippen LogP) is 29.6. The largest absolute Gasteiger partial charge is 0.457 e. The van der Waals surface area contributed by atoms with Gasteiger partial charge in [0.25, 0.3) is 0 Å². The average molecular weight is 1690 g/mol. The van der Waals surface area contributed by atoms with Gasteiger partial charge in [-0.25, -0.2) is 13.7 Å². The number of furan rings is 3. The Bertz CT molecular complexity index is 6390. The number of para-hydroxylation sites is 5. The van der Waals surface area contributed by atoms with Gasteiger partial charge in [0.2, 0.25) is 0 Å². The standard InChI is InChI=1S/C50H39N2O.C35H37N3O.C30H25N2O.4CH3/c1-51-36-34-38(35-37-51)22-31-47-32-33-48(53-47)39-23-27-45(28-24-39)52(44-20-12-5-13-21-44)46-29-25-43(26-30-46)50(42-18-10-4-11-19-42)49(40-14-6-2-7-15-40)41-16-8-3-9-17-41;1-38(2,3)28-10-25-36-26-23-29(24-27-36)15-20-34-21-22-35(39-34)30-16-18-33(19-17-30)37(31-11-6-4-7-12-31)32-13-8-5-9-14-32;1-31-22-20-24(21-23-31)12-17-29-18-19-30(33-29)25-13-15-28(16-14-25)32(26-8-4-2-5-9-26)27-10-6-3-7-11-27;;;;/h2-37H,1H3;4-9,11-24,26-27H,10,25,28H2,1-3H3;2-23H,1H3;4*1H3/q+1;+2;+1;4*-1. The SMILES string of the molecule is C[N+](C)(C)CCC[n+]1ccc(/C=C/c2ccc(-c3ccc(N(c4ccccc4)c4ccccc4)cc3)o2)cc1.C[n+]1ccc(/C=C/c2ccc(-c3ccc(N(c4ccccc4)c4ccc(C(=C(c5ccccc5)c5ccccc5)c5ccccc5)cc4)cc3)o2)cc1.C[n+]1ccc(/C=C/c2ccc(-c3ccc(N(c4ccccc4)c4ccccc4)cc3)o2)cc1.[CH3-].[CH3-].[CH3-].[CH3-]. The Morgan fingerprint density at radius 1 is 0.248 bits per heavy atom. The van der Waals surface area contributed by atoms with Crippen molar-refractivity contribution in [3.63, 3.8) is 0 Å². The Hall–Kier alpha value is -15.8. The van der Waals surface area contributed by atoms with E-state index in [1.54, 1.807) is 0 Å². The summed E-state index contributed by atoms with van der Waals surface area (Å²) in [6.07, 6.45) is 25.9. The van der Waals surface area contributed by atoms with Crippen LogP contribution < -0.4 is 28.4 Å². The zero-order valence-corrected chi connectivity index (χ0v) is 75.2. The van der Waals surface area contributed by atoms with Crippen molar-refractivity contribution in [2.24, 2.45) is 14.1 Å². The van der Waals surface area contributed by atoms with E-state index in [1.165, 1.54) is 27.8 Å². The van der Waals surface area contributed by atoms with Crippen molar-refractivity contribution in [3.05, 3.63) is 536 Å². The molecule has 6 heterocycles. The minimum Gasteiger partial charge on any atom is -0.457 e. The Labute approximate surface area is 764 Å². The van der Waals surface area contributed by atoms with Crippen LogP contribution in [-0.2, 0) is 20.6 Å². The highest BCUT2D eigenvalue weighted by molar-refractivity contribution is 6.05. The van der Waals surface area contributed by atoms with Gasteiger partial charge >= 0.3 is 0 Å². The molecule has 0 radical (unpaired) electrons. The first kappa shape index (κ1) is 92.4. The molecule has 0 saturated heterocycles. The number of anilines is 9. The second kappa shape index (κ2) is 45.2. The molecular weight excluding hydrogens is 1580 g/mol. The molecule has 10 nitrogen and oxygen atoms in total. The van der Waals surface area contributed by atoms with E-state index < -0.39 is 0 Å². The van der Waals surface area contributed by atoms with E-state index in [-0.39, 0.29) is 29.7 Å². The van der Waals surface area contributed by atoms with Gasteiger partial charge in [0.15, 0.2) is 43.7 Å². The van der Waals surface area contributed by atoms with Crippen LogP contribution in [0.3, 0.4) is 0 Å². The van der Waals surface area contributed by atoms with Crippen molar-refractivity contribution in [1.82, 2.24) is 0 Å². The van der Waals surface area contributed by atoms with Crippen molar-refractivity contribution in [2.45, 2.75) is 13.0 Å². The minimum absolute atomic E-state index is 0. The second-order valence-corrected chi connectivity index (χ2v) is 31.7. The summed E-state index contributed by atoms with van der Waals surface area (Å²) in [7, 11) is 10.7. The fourth-order valence-corrected chi connectivity index (χ4v) is 15.1. The van der Waals surface area contributed by atoms with Crippen LogP contribution in [0.4, 0.5) is 51.2 Å². The van der Waals surface area contributed by atoms with Crippen LogP contribution in [0, 0.1) is 29.7 Å². The molecule has 18 rings (SSSR count). The van der Waals surface area contributed by atoms with Gasteiger partial charge in [-0.15, -0.1) is 0 Å². The van der Waals surface area contributed by atoms with Crippen LogP contribution in [-0.4, -0.2) is 32.2 Å². The summed E-state index contributed by atoms with van der Waals surface area (Å²) in [5, 5.41) is 0. The molecule has 0 aliphatic heterocycles. The number of aryl methyl sites for hydroxylation is 3. The van der Waals surface area contributed by atoms with Gasteiger partial charge in [-0.05, 0) is 250 Å². The van der Waals surface area contributed by atoms with Gasteiger partial charge in [-0.2, -0.15) is 0 Å². The lowest BCUT2D eigenvalue weighted by molar-refractivity contribution is -0.873. The minimum atomic E-state index is 0. The second-order valence-electron chi connectivity index (χ2n) is 31.7. The number of hydrogen-bond acceptors (Lipinski definition) is 6. The third kappa shape index (κ3) is 24.7. The van der Waals surface area contributed by atoms with Crippen LogP contribution >= 0.6 is 0 Å². The van der Waals surface area contributed by atoms with Gasteiger partial charge in [0.05, 0.1) is 34.1 Å². The van der Waals surface area contributed by atoms with Crippen molar-refractivity contribution in [1.29, 1.82) is 0 Å². The fourth-order valence-electron chi connectivity index (χ4n) is 15.1. The van der Waals surface area contributed by atoms with Gasteiger partial charge in [0.1, 0.15) is 48.7 Å². The molecule has 0 N–H and O–H groups in total. The molecule has 0 amide bonds. The smallest absolute Gasteiger partial charge is 0.169 e. The van der Waals surface area contributed by atoms with E-state index in [0.717, 1.165) is 149 Å². The first-order valence-electron chi connectivity index (χ1n) is 42.4. The first-order valence-corrected chi connectivity index (χ1v) is 42.4. The maximum absolute atomic E-state index is 6.23. The van der Waals surface area contributed by atoms with E-state index in [9.17, 15) is 0 Å². The van der Waals surface area contributed by atoms with Crippen LogP contribution in [0.25, 0.3) is 81.6 Å². The number of aromatic nitrogens is 3. The molecule has 0 aliphatic rings. The van der Waals surface area contributed by atoms with Crippen molar-refractivity contribution in [2.75, 3.05) is 42.4 Å². The van der Waals surface area contributed by atoms with Crippen LogP contribution in [0.15, 0.2) is 463 Å². The number of nitrogens with zero attached hydrogens (tertiary/aromatic N) is 7. The molecule has 642 valence electrons. The molecule has 129 heavy (non-hydrogen) atoms. The number of benzene rings is 12. The highest BCUT2D eigenvalue weighted by Gasteiger charge is 2.21. The molecule has 0 aliphatic carbocycles. The van der Waals surface area contributed by atoms with Crippen LogP contribution in [0.5, 0.6) is 0 Å². The fraction of sp³-hybridized carbons (Fsp3) is 0.0672. The van der Waals surface area contributed by atoms with Gasteiger partial charge in [-0.1, -0.05) is 212 Å². The molecule has 18 aromatic rings. The maximum atomic E-state index is 6.23. The lowest BCUT2D eigenvalue weighted by Crippen LogP contribution is -2.39.